The van der Waals surface area contributed by atoms with Crippen molar-refractivity contribution in [2.45, 2.75) is 0 Å². The van der Waals surface area contributed by atoms with E-state index >= 15 is 0 Å². The minimum absolute atomic E-state index is 0.0107. The number of benzene rings is 2. The molecule has 19 heavy (non-hydrogen) atoms. The SMILES string of the molecule is O=c1[nH]c2cc(Cl)c(Cl)cc2n1-c1ccccc1O. The highest BCUT2D eigenvalue weighted by Gasteiger charge is 2.13. The van der Waals surface area contributed by atoms with Crippen molar-refractivity contribution in [2.24, 2.45) is 0 Å². The van der Waals surface area contributed by atoms with Crippen molar-refractivity contribution in [3.05, 3.63) is 56.9 Å². The van der Waals surface area contributed by atoms with E-state index in [1.54, 1.807) is 30.3 Å². The lowest BCUT2D eigenvalue weighted by atomic mass is 10.2. The molecule has 0 aliphatic rings. The molecule has 3 aromatic rings. The van der Waals surface area contributed by atoms with Crippen LogP contribution in [0.4, 0.5) is 0 Å². The molecule has 1 heterocycles. The molecule has 0 radical (unpaired) electrons. The molecule has 0 fully saturated rings. The Morgan fingerprint density at radius 2 is 1.79 bits per heavy atom. The van der Waals surface area contributed by atoms with Crippen LogP contribution in [0.3, 0.4) is 0 Å². The van der Waals surface area contributed by atoms with Crippen molar-refractivity contribution in [3.63, 3.8) is 0 Å². The zero-order chi connectivity index (χ0) is 13.6. The number of imidazole rings is 1. The Labute approximate surface area is 117 Å². The van der Waals surface area contributed by atoms with Crippen LogP contribution >= 0.6 is 23.2 Å². The topological polar surface area (TPSA) is 58.0 Å². The van der Waals surface area contributed by atoms with E-state index in [1.807, 2.05) is 0 Å². The van der Waals surface area contributed by atoms with E-state index in [9.17, 15) is 9.90 Å². The Balaban J connectivity index is 2.42. The smallest absolute Gasteiger partial charge is 0.331 e. The Kier molecular flexibility index (Phi) is 2.77. The highest BCUT2D eigenvalue weighted by atomic mass is 35.5. The van der Waals surface area contributed by atoms with Crippen molar-refractivity contribution < 1.29 is 5.11 Å². The number of aromatic nitrogens is 2. The van der Waals surface area contributed by atoms with Gasteiger partial charge < -0.3 is 10.1 Å². The number of rotatable bonds is 1. The second-order valence-electron chi connectivity index (χ2n) is 4.04. The average molecular weight is 295 g/mol. The molecule has 3 rings (SSSR count). The second kappa shape index (κ2) is 4.33. The highest BCUT2D eigenvalue weighted by Crippen LogP contribution is 2.29. The Hall–Kier alpha value is -1.91. The standard InChI is InChI=1S/C13H8Cl2N2O2/c14-7-5-9-11(6-8(7)15)17(13(19)16-9)10-3-1-2-4-12(10)18/h1-6,18H,(H,16,19). The number of hydrogen-bond donors (Lipinski definition) is 2. The van der Waals surface area contributed by atoms with Crippen LogP contribution in [0.1, 0.15) is 0 Å². The quantitative estimate of drug-likeness (QED) is 0.723. The van der Waals surface area contributed by atoms with E-state index in [-0.39, 0.29) is 11.4 Å². The fraction of sp³-hybridized carbons (Fsp3) is 0. The van der Waals surface area contributed by atoms with Crippen molar-refractivity contribution in [1.82, 2.24) is 9.55 Å². The van der Waals surface area contributed by atoms with E-state index in [4.69, 9.17) is 23.2 Å². The zero-order valence-electron chi connectivity index (χ0n) is 9.52. The number of fused-ring (bicyclic) bond motifs is 1. The van der Waals surface area contributed by atoms with E-state index in [2.05, 4.69) is 4.98 Å². The minimum atomic E-state index is -0.366. The van der Waals surface area contributed by atoms with Gasteiger partial charge in [-0.15, -0.1) is 0 Å². The fourth-order valence-electron chi connectivity index (χ4n) is 1.99. The average Bonchev–Trinajstić information content (AvgIpc) is 2.66. The summed E-state index contributed by atoms with van der Waals surface area (Å²) in [6.45, 7) is 0. The third kappa shape index (κ3) is 1.89. The molecule has 0 bridgehead atoms. The van der Waals surface area contributed by atoms with Crippen LogP contribution < -0.4 is 5.69 Å². The largest absolute Gasteiger partial charge is 0.506 e. The second-order valence-corrected chi connectivity index (χ2v) is 4.85. The maximum atomic E-state index is 12.0. The lowest BCUT2D eigenvalue weighted by molar-refractivity contribution is 0.472. The van der Waals surface area contributed by atoms with E-state index < -0.39 is 0 Å². The monoisotopic (exact) mass is 294 g/mol. The predicted octanol–water partition coefficient (Wildman–Crippen LogP) is 3.33. The van der Waals surface area contributed by atoms with Gasteiger partial charge in [-0.1, -0.05) is 35.3 Å². The van der Waals surface area contributed by atoms with Gasteiger partial charge in [0.25, 0.3) is 0 Å². The molecule has 6 heteroatoms. The van der Waals surface area contributed by atoms with Crippen LogP contribution in [-0.4, -0.2) is 14.7 Å². The number of halogens is 2. The summed E-state index contributed by atoms with van der Waals surface area (Å²) in [5.41, 5.74) is 1.13. The number of H-pyrrole nitrogens is 1. The predicted molar refractivity (Wildman–Crippen MR) is 75.6 cm³/mol. The molecule has 0 spiro atoms. The van der Waals surface area contributed by atoms with Gasteiger partial charge in [-0.05, 0) is 24.3 Å². The summed E-state index contributed by atoms with van der Waals surface area (Å²) in [7, 11) is 0. The van der Waals surface area contributed by atoms with Crippen molar-refractivity contribution in [1.29, 1.82) is 0 Å². The summed E-state index contributed by atoms with van der Waals surface area (Å²) in [6.07, 6.45) is 0. The molecule has 4 nitrogen and oxygen atoms in total. The van der Waals surface area contributed by atoms with Gasteiger partial charge >= 0.3 is 5.69 Å². The van der Waals surface area contributed by atoms with Gasteiger partial charge in [-0.3, -0.25) is 4.57 Å². The zero-order valence-corrected chi connectivity index (χ0v) is 11.0. The summed E-state index contributed by atoms with van der Waals surface area (Å²) in [4.78, 5) is 14.7. The molecule has 0 atom stereocenters. The van der Waals surface area contributed by atoms with Crippen molar-refractivity contribution in [2.75, 3.05) is 0 Å². The van der Waals surface area contributed by atoms with Gasteiger partial charge in [0.15, 0.2) is 0 Å². The molecule has 96 valence electrons. The number of nitrogens with zero attached hydrogens (tertiary/aromatic N) is 1. The number of aromatic hydroxyl groups is 1. The number of phenols is 1. The van der Waals surface area contributed by atoms with E-state index in [0.717, 1.165) is 0 Å². The van der Waals surface area contributed by atoms with E-state index in [1.165, 1.54) is 10.6 Å². The maximum absolute atomic E-state index is 12.0. The Morgan fingerprint density at radius 3 is 2.53 bits per heavy atom. The maximum Gasteiger partial charge on any atom is 0.331 e. The van der Waals surface area contributed by atoms with Gasteiger partial charge in [-0.25, -0.2) is 4.79 Å². The van der Waals surface area contributed by atoms with Crippen LogP contribution in [0.15, 0.2) is 41.2 Å². The summed E-state index contributed by atoms with van der Waals surface area (Å²) in [5.74, 6) is 0.0107. The van der Waals surface area contributed by atoms with Crippen LogP contribution in [0.5, 0.6) is 5.75 Å². The first-order chi connectivity index (χ1) is 9.08. The first-order valence-electron chi connectivity index (χ1n) is 5.46. The third-order valence-corrected chi connectivity index (χ3v) is 3.57. The van der Waals surface area contributed by atoms with Gasteiger partial charge in [-0.2, -0.15) is 0 Å². The van der Waals surface area contributed by atoms with Crippen molar-refractivity contribution >= 4 is 34.2 Å². The number of nitrogens with one attached hydrogen (secondary N) is 1. The lowest BCUT2D eigenvalue weighted by Gasteiger charge is -2.06. The molecule has 1 aromatic heterocycles. The fourth-order valence-corrected chi connectivity index (χ4v) is 2.32. The van der Waals surface area contributed by atoms with Crippen molar-refractivity contribution in [3.8, 4) is 11.4 Å². The molecule has 0 aliphatic heterocycles. The molecule has 2 N–H and O–H groups in total. The number of aromatic amines is 1. The first-order valence-corrected chi connectivity index (χ1v) is 6.21. The molecule has 0 unspecified atom stereocenters. The number of hydrogen-bond acceptors (Lipinski definition) is 2. The molecular formula is C13H8Cl2N2O2. The third-order valence-electron chi connectivity index (χ3n) is 2.85. The van der Waals surface area contributed by atoms with E-state index in [0.29, 0.717) is 26.8 Å². The number of phenolic OH excluding ortho intramolecular Hbond substituents is 1. The Morgan fingerprint density at radius 1 is 1.11 bits per heavy atom. The molecule has 2 aromatic carbocycles. The highest BCUT2D eigenvalue weighted by molar-refractivity contribution is 6.42. The molecular weight excluding hydrogens is 287 g/mol. The van der Waals surface area contributed by atoms with Gasteiger partial charge in [0.2, 0.25) is 0 Å². The summed E-state index contributed by atoms with van der Waals surface area (Å²) in [5, 5.41) is 10.6. The summed E-state index contributed by atoms with van der Waals surface area (Å²) < 4.78 is 1.35. The minimum Gasteiger partial charge on any atom is -0.506 e. The molecule has 0 saturated heterocycles. The van der Waals surface area contributed by atoms with Gasteiger partial charge in [0.1, 0.15) is 5.75 Å². The Bertz CT molecular complexity index is 836. The first kappa shape index (κ1) is 12.1. The van der Waals surface area contributed by atoms with Crippen LogP contribution in [0.25, 0.3) is 16.7 Å². The van der Waals surface area contributed by atoms with Crippen LogP contribution in [0.2, 0.25) is 10.0 Å². The molecule has 0 amide bonds. The van der Waals surface area contributed by atoms with Gasteiger partial charge in [0, 0.05) is 0 Å². The molecule has 0 saturated carbocycles. The summed E-state index contributed by atoms with van der Waals surface area (Å²) >= 11 is 11.9. The van der Waals surface area contributed by atoms with Crippen LogP contribution in [0, 0.1) is 0 Å². The van der Waals surface area contributed by atoms with Gasteiger partial charge in [0.05, 0.1) is 26.8 Å². The molecule has 0 aliphatic carbocycles. The van der Waals surface area contributed by atoms with Crippen LogP contribution in [-0.2, 0) is 0 Å². The lowest BCUT2D eigenvalue weighted by Crippen LogP contribution is -2.14. The number of para-hydroxylation sites is 2. The summed E-state index contributed by atoms with van der Waals surface area (Å²) in [6, 6.07) is 9.74. The normalized spacial score (nSPS) is 11.1.